The Morgan fingerprint density at radius 3 is 2.38 bits per heavy atom. The summed E-state index contributed by atoms with van der Waals surface area (Å²) in [6, 6.07) is 17.3. The molecule has 2 aromatic rings. The van der Waals surface area contributed by atoms with Crippen molar-refractivity contribution >= 4 is 24.2 Å². The van der Waals surface area contributed by atoms with Crippen LogP contribution in [-0.2, 0) is 11.3 Å². The fourth-order valence-corrected chi connectivity index (χ4v) is 2.10. The summed E-state index contributed by atoms with van der Waals surface area (Å²) in [7, 11) is 3.60. The molecule has 0 heterocycles. The first-order chi connectivity index (χ1) is 11.2. The molecule has 0 radical (unpaired) electrons. The van der Waals surface area contributed by atoms with Gasteiger partial charge in [-0.25, -0.2) is 4.79 Å². The molecule has 5 nitrogen and oxygen atoms in total. The molecule has 0 aliphatic rings. The van der Waals surface area contributed by atoms with E-state index in [9.17, 15) is 4.79 Å². The van der Waals surface area contributed by atoms with Gasteiger partial charge in [0.2, 0.25) is 0 Å². The van der Waals surface area contributed by atoms with Crippen molar-refractivity contribution in [1.29, 1.82) is 0 Å². The molecule has 24 heavy (non-hydrogen) atoms. The summed E-state index contributed by atoms with van der Waals surface area (Å²) in [6.07, 6.45) is -0.455. The molecule has 0 unspecified atom stereocenters. The van der Waals surface area contributed by atoms with E-state index < -0.39 is 6.09 Å². The summed E-state index contributed by atoms with van der Waals surface area (Å²) >= 11 is 0. The van der Waals surface area contributed by atoms with Gasteiger partial charge < -0.3 is 9.47 Å². The average molecular weight is 351 g/mol. The normalized spacial score (nSPS) is 9.96. The number of ether oxygens (including phenoxy) is 2. The Bertz CT molecular complexity index is 605. The number of halogens is 1. The number of carbonyl (C=O) groups is 1. The minimum Gasteiger partial charge on any atom is -0.497 e. The van der Waals surface area contributed by atoms with Gasteiger partial charge in [-0.2, -0.15) is 0 Å². The molecule has 0 aliphatic carbocycles. The lowest BCUT2D eigenvalue weighted by Gasteiger charge is -2.16. The molecular formula is C18H23ClN2O3. The van der Waals surface area contributed by atoms with Crippen LogP contribution in [0.5, 0.6) is 5.75 Å². The first-order valence-corrected chi connectivity index (χ1v) is 7.47. The van der Waals surface area contributed by atoms with Crippen molar-refractivity contribution in [3.05, 3.63) is 60.2 Å². The minimum absolute atomic E-state index is 0. The van der Waals surface area contributed by atoms with Crippen LogP contribution in [0.2, 0.25) is 0 Å². The largest absolute Gasteiger partial charge is 0.497 e. The van der Waals surface area contributed by atoms with Gasteiger partial charge in [-0.3, -0.25) is 10.2 Å². The molecule has 2 aromatic carbocycles. The number of anilines is 1. The molecule has 130 valence electrons. The number of carbonyl (C=O) groups excluding carboxylic acids is 1. The van der Waals surface area contributed by atoms with Crippen LogP contribution >= 0.6 is 12.4 Å². The molecule has 1 amide bonds. The zero-order valence-electron chi connectivity index (χ0n) is 13.9. The van der Waals surface area contributed by atoms with Gasteiger partial charge >= 0.3 is 6.09 Å². The van der Waals surface area contributed by atoms with E-state index >= 15 is 0 Å². The molecule has 0 spiro atoms. The van der Waals surface area contributed by atoms with Gasteiger partial charge in [0.05, 0.1) is 7.11 Å². The third-order valence-corrected chi connectivity index (χ3v) is 3.34. The fraction of sp³-hybridized carbons (Fsp3) is 0.278. The molecule has 0 bridgehead atoms. The number of nitrogens with zero attached hydrogens (tertiary/aromatic N) is 1. The SMILES string of the molecule is COc1ccc(NC(=O)OCCN(C)Cc2ccccc2)cc1.Cl. The number of methoxy groups -OCH3 is 1. The quantitative estimate of drug-likeness (QED) is 0.825. The maximum Gasteiger partial charge on any atom is 0.411 e. The first kappa shape index (κ1) is 19.8. The first-order valence-electron chi connectivity index (χ1n) is 7.47. The molecule has 0 atom stereocenters. The molecule has 6 heteroatoms. The third kappa shape index (κ3) is 6.89. The van der Waals surface area contributed by atoms with Gasteiger partial charge in [0.15, 0.2) is 0 Å². The summed E-state index contributed by atoms with van der Waals surface area (Å²) in [5, 5.41) is 2.68. The molecule has 0 saturated carbocycles. The Morgan fingerprint density at radius 2 is 1.75 bits per heavy atom. The van der Waals surface area contributed by atoms with Crippen molar-refractivity contribution in [3.63, 3.8) is 0 Å². The standard InChI is InChI=1S/C18H22N2O3.ClH/c1-20(14-15-6-4-3-5-7-15)12-13-23-18(21)19-16-8-10-17(22-2)11-9-16;/h3-11H,12-14H2,1-2H3,(H,19,21);1H. The molecule has 0 fully saturated rings. The number of hydrogen-bond donors (Lipinski definition) is 1. The predicted octanol–water partition coefficient (Wildman–Crippen LogP) is 3.80. The summed E-state index contributed by atoms with van der Waals surface area (Å²) in [5.41, 5.74) is 1.91. The van der Waals surface area contributed by atoms with Gasteiger partial charge in [-0.05, 0) is 36.9 Å². The summed E-state index contributed by atoms with van der Waals surface area (Å²) < 4.78 is 10.3. The van der Waals surface area contributed by atoms with E-state index in [-0.39, 0.29) is 12.4 Å². The fourth-order valence-electron chi connectivity index (χ4n) is 2.10. The third-order valence-electron chi connectivity index (χ3n) is 3.34. The van der Waals surface area contributed by atoms with Crippen molar-refractivity contribution in [2.45, 2.75) is 6.54 Å². The van der Waals surface area contributed by atoms with Crippen molar-refractivity contribution in [2.75, 3.05) is 32.6 Å². The molecular weight excluding hydrogens is 328 g/mol. The van der Waals surface area contributed by atoms with Crippen LogP contribution in [0, 0.1) is 0 Å². The predicted molar refractivity (Wildman–Crippen MR) is 98.0 cm³/mol. The van der Waals surface area contributed by atoms with Crippen LogP contribution in [0.4, 0.5) is 10.5 Å². The Hall–Kier alpha value is -2.24. The number of amides is 1. The van der Waals surface area contributed by atoms with E-state index in [1.54, 1.807) is 31.4 Å². The summed E-state index contributed by atoms with van der Waals surface area (Å²) in [5.74, 6) is 0.742. The van der Waals surface area contributed by atoms with Crippen LogP contribution in [0.3, 0.4) is 0 Å². The molecule has 1 N–H and O–H groups in total. The van der Waals surface area contributed by atoms with Gasteiger partial charge in [-0.1, -0.05) is 30.3 Å². The highest BCUT2D eigenvalue weighted by atomic mass is 35.5. The highest BCUT2D eigenvalue weighted by molar-refractivity contribution is 5.85. The van der Waals surface area contributed by atoms with E-state index in [2.05, 4.69) is 22.3 Å². The lowest BCUT2D eigenvalue weighted by Crippen LogP contribution is -2.25. The Labute approximate surface area is 149 Å². The Kier molecular flexibility index (Phi) is 8.68. The van der Waals surface area contributed by atoms with E-state index in [4.69, 9.17) is 9.47 Å². The maximum atomic E-state index is 11.7. The second-order valence-electron chi connectivity index (χ2n) is 5.21. The average Bonchev–Trinajstić information content (AvgIpc) is 2.56. The monoisotopic (exact) mass is 350 g/mol. The highest BCUT2D eigenvalue weighted by Gasteiger charge is 2.05. The zero-order chi connectivity index (χ0) is 16.5. The highest BCUT2D eigenvalue weighted by Crippen LogP contribution is 2.15. The second-order valence-corrected chi connectivity index (χ2v) is 5.21. The van der Waals surface area contributed by atoms with Crippen LogP contribution in [0.1, 0.15) is 5.56 Å². The molecule has 0 aliphatic heterocycles. The smallest absolute Gasteiger partial charge is 0.411 e. The Morgan fingerprint density at radius 1 is 1.08 bits per heavy atom. The van der Waals surface area contributed by atoms with Crippen LogP contribution < -0.4 is 10.1 Å². The van der Waals surface area contributed by atoms with Gasteiger partial charge in [0, 0.05) is 18.8 Å². The second kappa shape index (κ2) is 10.5. The number of nitrogens with one attached hydrogen (secondary N) is 1. The zero-order valence-corrected chi connectivity index (χ0v) is 14.7. The van der Waals surface area contributed by atoms with Crippen molar-refractivity contribution in [1.82, 2.24) is 4.90 Å². The van der Waals surface area contributed by atoms with E-state index in [1.807, 2.05) is 25.2 Å². The Balaban J connectivity index is 0.00000288. The molecule has 0 saturated heterocycles. The van der Waals surface area contributed by atoms with Crippen molar-refractivity contribution < 1.29 is 14.3 Å². The maximum absolute atomic E-state index is 11.7. The van der Waals surface area contributed by atoms with Crippen molar-refractivity contribution in [2.24, 2.45) is 0 Å². The number of rotatable bonds is 7. The topological polar surface area (TPSA) is 50.8 Å². The van der Waals surface area contributed by atoms with E-state index in [1.165, 1.54) is 5.56 Å². The lowest BCUT2D eigenvalue weighted by atomic mass is 10.2. The minimum atomic E-state index is -0.455. The number of likely N-dealkylation sites (N-methyl/N-ethyl adjacent to an activating group) is 1. The van der Waals surface area contributed by atoms with Crippen molar-refractivity contribution in [3.8, 4) is 5.75 Å². The van der Waals surface area contributed by atoms with Crippen LogP contribution in [-0.4, -0.2) is 38.3 Å². The van der Waals surface area contributed by atoms with Crippen LogP contribution in [0.15, 0.2) is 54.6 Å². The van der Waals surface area contributed by atoms with E-state index in [0.29, 0.717) is 18.8 Å². The summed E-state index contributed by atoms with van der Waals surface area (Å²) in [4.78, 5) is 13.8. The number of benzene rings is 2. The van der Waals surface area contributed by atoms with E-state index in [0.717, 1.165) is 12.3 Å². The lowest BCUT2D eigenvalue weighted by molar-refractivity contribution is 0.145. The van der Waals surface area contributed by atoms with Gasteiger partial charge in [0.25, 0.3) is 0 Å². The van der Waals surface area contributed by atoms with Crippen LogP contribution in [0.25, 0.3) is 0 Å². The molecule has 2 rings (SSSR count). The summed E-state index contributed by atoms with van der Waals surface area (Å²) in [6.45, 7) is 1.83. The van der Waals surface area contributed by atoms with Gasteiger partial charge in [-0.15, -0.1) is 12.4 Å². The molecule has 0 aromatic heterocycles. The van der Waals surface area contributed by atoms with Gasteiger partial charge in [0.1, 0.15) is 12.4 Å². The number of hydrogen-bond acceptors (Lipinski definition) is 4.